The number of hydrogen-bond donors (Lipinski definition) is 2. The van der Waals surface area contributed by atoms with E-state index in [2.05, 4.69) is 5.32 Å². The number of urea groups is 1. The van der Waals surface area contributed by atoms with Gasteiger partial charge < -0.3 is 9.84 Å². The van der Waals surface area contributed by atoms with E-state index in [1.54, 1.807) is 0 Å². The quantitative estimate of drug-likeness (QED) is 0.634. The van der Waals surface area contributed by atoms with Gasteiger partial charge in [0, 0.05) is 6.04 Å². The van der Waals surface area contributed by atoms with Gasteiger partial charge in [-0.3, -0.25) is 19.8 Å². The molecule has 0 unspecified atom stereocenters. The van der Waals surface area contributed by atoms with Crippen molar-refractivity contribution in [1.82, 2.24) is 10.2 Å². The molecule has 2 N–H and O–H groups in total. The molecule has 0 radical (unpaired) electrons. The van der Waals surface area contributed by atoms with Crippen LogP contribution in [0.15, 0.2) is 17.7 Å². The number of carbonyl (C=O) groups excluding carboxylic acids is 3. The summed E-state index contributed by atoms with van der Waals surface area (Å²) in [4.78, 5) is 38.0. The minimum atomic E-state index is -0.757. The van der Waals surface area contributed by atoms with Gasteiger partial charge in [-0.15, -0.1) is 0 Å². The molecule has 0 aromatic heterocycles. The third kappa shape index (κ3) is 3.19. The summed E-state index contributed by atoms with van der Waals surface area (Å²) >= 11 is 5.93. The molecule has 1 aromatic carbocycles. The van der Waals surface area contributed by atoms with Crippen molar-refractivity contribution in [2.24, 2.45) is 0 Å². The summed E-state index contributed by atoms with van der Waals surface area (Å²) in [6.45, 7) is 0. The van der Waals surface area contributed by atoms with Crippen molar-refractivity contribution in [3.05, 3.63) is 28.3 Å². The number of methoxy groups -OCH3 is 1. The van der Waals surface area contributed by atoms with Crippen molar-refractivity contribution in [1.29, 1.82) is 0 Å². The molecule has 3 rings (SSSR count). The molecule has 1 heterocycles. The standard InChI is InChI=1S/C17H17ClN2O5/c1-25-13-8-9(7-12(18)14(13)21)6-11-15(22)19-17(24)20(16(11)23)10-4-2-3-5-10/h6-8,10,21H,2-5H2,1H3,(H,19,22,24)/b11-6+. The Bertz CT molecular complexity index is 783. The van der Waals surface area contributed by atoms with Crippen molar-refractivity contribution in [2.75, 3.05) is 7.11 Å². The smallest absolute Gasteiger partial charge is 0.331 e. The van der Waals surface area contributed by atoms with Crippen LogP contribution in [-0.4, -0.2) is 41.0 Å². The maximum absolute atomic E-state index is 12.7. The fourth-order valence-corrected chi connectivity index (χ4v) is 3.38. The number of ether oxygens (including phenoxy) is 1. The van der Waals surface area contributed by atoms with Crippen LogP contribution < -0.4 is 10.1 Å². The van der Waals surface area contributed by atoms with Gasteiger partial charge in [-0.25, -0.2) is 4.79 Å². The van der Waals surface area contributed by atoms with E-state index in [1.165, 1.54) is 25.3 Å². The molecule has 4 amide bonds. The SMILES string of the molecule is COc1cc(/C=C2\C(=O)NC(=O)N(C3CCCC3)C2=O)cc(Cl)c1O. The number of amides is 4. The van der Waals surface area contributed by atoms with Crippen LogP contribution in [0.3, 0.4) is 0 Å². The van der Waals surface area contributed by atoms with Gasteiger partial charge in [-0.1, -0.05) is 24.4 Å². The fraction of sp³-hybridized carbons (Fsp3) is 0.353. The molecule has 1 aliphatic heterocycles. The molecule has 0 bridgehead atoms. The number of carbonyl (C=O) groups is 3. The number of barbiturate groups is 1. The average molecular weight is 365 g/mol. The minimum Gasteiger partial charge on any atom is -0.503 e. The molecular formula is C17H17ClN2O5. The number of aromatic hydroxyl groups is 1. The lowest BCUT2D eigenvalue weighted by atomic mass is 10.0. The van der Waals surface area contributed by atoms with Gasteiger partial charge in [0.05, 0.1) is 12.1 Å². The van der Waals surface area contributed by atoms with Crippen LogP contribution in [0.1, 0.15) is 31.2 Å². The summed E-state index contributed by atoms with van der Waals surface area (Å²) in [6, 6.07) is 1.98. The normalized spacial score (nSPS) is 20.3. The lowest BCUT2D eigenvalue weighted by molar-refractivity contribution is -0.131. The van der Waals surface area contributed by atoms with Crippen molar-refractivity contribution >= 4 is 35.5 Å². The Morgan fingerprint density at radius 1 is 1.28 bits per heavy atom. The van der Waals surface area contributed by atoms with Gasteiger partial charge in [0.15, 0.2) is 11.5 Å². The highest BCUT2D eigenvalue weighted by molar-refractivity contribution is 6.33. The second kappa shape index (κ2) is 6.76. The second-order valence-corrected chi connectivity index (χ2v) is 6.39. The molecule has 0 spiro atoms. The summed E-state index contributed by atoms with van der Waals surface area (Å²) in [5.74, 6) is -1.49. The van der Waals surface area contributed by atoms with Gasteiger partial charge in [0.25, 0.3) is 11.8 Å². The summed E-state index contributed by atoms with van der Waals surface area (Å²) in [5.41, 5.74) is 0.245. The third-order valence-electron chi connectivity index (χ3n) is 4.40. The van der Waals surface area contributed by atoms with Gasteiger partial charge in [0.2, 0.25) is 0 Å². The first-order chi connectivity index (χ1) is 11.9. The first kappa shape index (κ1) is 17.3. The van der Waals surface area contributed by atoms with Crippen LogP contribution in [0.4, 0.5) is 4.79 Å². The van der Waals surface area contributed by atoms with Crippen molar-refractivity contribution in [3.63, 3.8) is 0 Å². The molecule has 2 aliphatic rings. The molecular weight excluding hydrogens is 348 g/mol. The van der Waals surface area contributed by atoms with E-state index in [4.69, 9.17) is 16.3 Å². The Morgan fingerprint density at radius 3 is 2.60 bits per heavy atom. The number of imide groups is 2. The van der Waals surface area contributed by atoms with Crippen molar-refractivity contribution < 1.29 is 24.2 Å². The van der Waals surface area contributed by atoms with Crippen LogP contribution >= 0.6 is 11.6 Å². The summed E-state index contributed by atoms with van der Waals surface area (Å²) in [7, 11) is 1.36. The minimum absolute atomic E-state index is 0.0265. The topological polar surface area (TPSA) is 95.9 Å². The Labute approximate surface area is 149 Å². The monoisotopic (exact) mass is 364 g/mol. The third-order valence-corrected chi connectivity index (χ3v) is 4.69. The number of benzene rings is 1. The molecule has 1 aliphatic carbocycles. The van der Waals surface area contributed by atoms with Crippen LogP contribution in [0.25, 0.3) is 6.08 Å². The van der Waals surface area contributed by atoms with E-state index < -0.39 is 17.8 Å². The molecule has 1 saturated carbocycles. The first-order valence-corrected chi connectivity index (χ1v) is 8.27. The van der Waals surface area contributed by atoms with Gasteiger partial charge in [-0.2, -0.15) is 0 Å². The summed E-state index contributed by atoms with van der Waals surface area (Å²) < 4.78 is 5.02. The Hall–Kier alpha value is -2.54. The molecule has 132 valence electrons. The van der Waals surface area contributed by atoms with E-state index in [0.717, 1.165) is 30.6 Å². The Balaban J connectivity index is 1.98. The molecule has 8 heteroatoms. The number of halogens is 1. The van der Waals surface area contributed by atoms with Crippen LogP contribution in [0.5, 0.6) is 11.5 Å². The lowest BCUT2D eigenvalue weighted by Crippen LogP contribution is -2.57. The second-order valence-electron chi connectivity index (χ2n) is 5.98. The van der Waals surface area contributed by atoms with E-state index in [0.29, 0.717) is 5.56 Å². The highest BCUT2D eigenvalue weighted by Gasteiger charge is 2.40. The number of hydrogen-bond acceptors (Lipinski definition) is 5. The van der Waals surface area contributed by atoms with E-state index in [1.807, 2.05) is 0 Å². The summed E-state index contributed by atoms with van der Waals surface area (Å²) in [5, 5.41) is 12.0. The molecule has 1 saturated heterocycles. The predicted molar refractivity (Wildman–Crippen MR) is 90.3 cm³/mol. The summed E-state index contributed by atoms with van der Waals surface area (Å²) in [6.07, 6.45) is 4.69. The van der Waals surface area contributed by atoms with Crippen LogP contribution in [0.2, 0.25) is 5.02 Å². The number of phenolic OH excluding ortho intramolecular Hbond substituents is 1. The van der Waals surface area contributed by atoms with Gasteiger partial charge in [-0.05, 0) is 36.6 Å². The molecule has 2 fully saturated rings. The zero-order valence-electron chi connectivity index (χ0n) is 13.5. The number of nitrogens with zero attached hydrogens (tertiary/aromatic N) is 1. The largest absolute Gasteiger partial charge is 0.503 e. The average Bonchev–Trinajstić information content (AvgIpc) is 3.08. The first-order valence-electron chi connectivity index (χ1n) is 7.89. The fourth-order valence-electron chi connectivity index (χ4n) is 3.16. The van der Waals surface area contributed by atoms with Crippen LogP contribution in [-0.2, 0) is 9.59 Å². The lowest BCUT2D eigenvalue weighted by Gasteiger charge is -2.31. The maximum atomic E-state index is 12.7. The number of nitrogens with one attached hydrogen (secondary N) is 1. The maximum Gasteiger partial charge on any atom is 0.331 e. The molecule has 7 nitrogen and oxygen atoms in total. The molecule has 0 atom stereocenters. The van der Waals surface area contributed by atoms with Gasteiger partial charge >= 0.3 is 6.03 Å². The Morgan fingerprint density at radius 2 is 1.96 bits per heavy atom. The molecule has 25 heavy (non-hydrogen) atoms. The van der Waals surface area contributed by atoms with E-state index in [9.17, 15) is 19.5 Å². The predicted octanol–water partition coefficient (Wildman–Crippen LogP) is 2.46. The van der Waals surface area contributed by atoms with Crippen LogP contribution in [0, 0.1) is 0 Å². The highest BCUT2D eigenvalue weighted by atomic mass is 35.5. The Kier molecular flexibility index (Phi) is 4.67. The van der Waals surface area contributed by atoms with Crippen molar-refractivity contribution in [3.8, 4) is 11.5 Å². The molecule has 1 aromatic rings. The number of rotatable bonds is 3. The van der Waals surface area contributed by atoms with Gasteiger partial charge in [0.1, 0.15) is 5.57 Å². The van der Waals surface area contributed by atoms with Crippen molar-refractivity contribution in [2.45, 2.75) is 31.7 Å². The highest BCUT2D eigenvalue weighted by Crippen LogP contribution is 2.36. The zero-order chi connectivity index (χ0) is 18.1. The zero-order valence-corrected chi connectivity index (χ0v) is 14.3. The van der Waals surface area contributed by atoms with E-state index in [-0.39, 0.29) is 28.1 Å². The number of phenols is 1. The van der Waals surface area contributed by atoms with E-state index >= 15 is 0 Å².